The largest absolute Gasteiger partial charge is 0.494 e. The molecular weight excluding hydrogens is 352 g/mol. The van der Waals surface area contributed by atoms with Gasteiger partial charge >= 0.3 is 0 Å². The van der Waals surface area contributed by atoms with Gasteiger partial charge in [-0.05, 0) is 61.7 Å². The number of nitrogens with zero attached hydrogens (tertiary/aromatic N) is 1. The highest BCUT2D eigenvalue weighted by molar-refractivity contribution is 7.89. The average Bonchev–Trinajstić information content (AvgIpc) is 3.04. The van der Waals surface area contributed by atoms with Crippen molar-refractivity contribution in [3.63, 3.8) is 0 Å². The molecule has 1 aromatic carbocycles. The Balaban J connectivity index is 1.73. The van der Waals surface area contributed by atoms with Gasteiger partial charge in [-0.1, -0.05) is 0 Å². The number of nitrogens with one attached hydrogen (secondary N) is 1. The number of aryl methyl sites for hydroxylation is 1. The van der Waals surface area contributed by atoms with Crippen LogP contribution in [0, 0.1) is 12.8 Å². The van der Waals surface area contributed by atoms with Gasteiger partial charge in [0.15, 0.2) is 0 Å². The summed E-state index contributed by atoms with van der Waals surface area (Å²) in [5.41, 5.74) is 1.92. The number of sulfonamides is 1. The number of pyridine rings is 1. The van der Waals surface area contributed by atoms with Crippen LogP contribution in [0.25, 0.3) is 0 Å². The zero-order chi connectivity index (χ0) is 18.6. The first-order valence-electron chi connectivity index (χ1n) is 8.72. The van der Waals surface area contributed by atoms with Gasteiger partial charge in [0.2, 0.25) is 10.0 Å². The van der Waals surface area contributed by atoms with Crippen LogP contribution in [0.4, 0.5) is 0 Å². The topological polar surface area (TPSA) is 77.5 Å². The van der Waals surface area contributed by atoms with E-state index in [-0.39, 0.29) is 16.9 Å². The molecule has 0 unspecified atom stereocenters. The van der Waals surface area contributed by atoms with E-state index in [4.69, 9.17) is 9.47 Å². The van der Waals surface area contributed by atoms with Crippen molar-refractivity contribution in [2.75, 3.05) is 19.8 Å². The lowest BCUT2D eigenvalue weighted by molar-refractivity contribution is 0.183. The Morgan fingerprint density at radius 2 is 2.00 bits per heavy atom. The Labute approximate surface area is 154 Å². The molecular formula is C19H24N2O4S. The van der Waals surface area contributed by atoms with Gasteiger partial charge in [0.25, 0.3) is 0 Å². The Morgan fingerprint density at radius 3 is 2.69 bits per heavy atom. The third-order valence-electron chi connectivity index (χ3n) is 4.51. The molecule has 1 N–H and O–H groups in total. The average molecular weight is 376 g/mol. The van der Waals surface area contributed by atoms with Crippen LogP contribution in [-0.2, 0) is 21.2 Å². The Morgan fingerprint density at radius 1 is 1.23 bits per heavy atom. The highest BCUT2D eigenvalue weighted by atomic mass is 32.2. The highest BCUT2D eigenvalue weighted by Crippen LogP contribution is 2.24. The molecule has 1 fully saturated rings. The summed E-state index contributed by atoms with van der Waals surface area (Å²) in [6, 6.07) is 8.56. The van der Waals surface area contributed by atoms with Crippen LogP contribution in [-0.4, -0.2) is 39.3 Å². The minimum Gasteiger partial charge on any atom is -0.494 e. The van der Waals surface area contributed by atoms with Crippen molar-refractivity contribution in [1.29, 1.82) is 0 Å². The molecule has 0 saturated carbocycles. The molecule has 140 valence electrons. The molecule has 0 bridgehead atoms. The molecule has 0 radical (unpaired) electrons. The van der Waals surface area contributed by atoms with Crippen LogP contribution in [0.15, 0.2) is 47.6 Å². The quantitative estimate of drug-likeness (QED) is 0.802. The second-order valence-electron chi connectivity index (χ2n) is 6.45. The minimum absolute atomic E-state index is 0.0935. The Hall–Kier alpha value is -1.96. The van der Waals surface area contributed by atoms with Crippen molar-refractivity contribution in [2.24, 2.45) is 5.92 Å². The zero-order valence-corrected chi connectivity index (χ0v) is 15.8. The number of ether oxygens (including phenoxy) is 2. The lowest BCUT2D eigenvalue weighted by atomic mass is 9.96. The summed E-state index contributed by atoms with van der Waals surface area (Å²) in [7, 11) is -3.62. The van der Waals surface area contributed by atoms with Crippen molar-refractivity contribution < 1.29 is 17.9 Å². The van der Waals surface area contributed by atoms with E-state index in [2.05, 4.69) is 9.71 Å². The molecule has 2 heterocycles. The fraction of sp³-hybridized carbons (Fsp3) is 0.421. The lowest BCUT2D eigenvalue weighted by Gasteiger charge is -2.19. The van der Waals surface area contributed by atoms with E-state index < -0.39 is 10.0 Å². The Kier molecular flexibility index (Phi) is 5.90. The molecule has 1 aromatic heterocycles. The van der Waals surface area contributed by atoms with Gasteiger partial charge in [0.05, 0.1) is 30.8 Å². The van der Waals surface area contributed by atoms with E-state index in [9.17, 15) is 8.42 Å². The minimum atomic E-state index is -3.62. The standard InChI is InChI=1S/C19H24N2O4S/c1-3-25-19-5-4-17(10-14(19)2)26(22,23)21-18-13-24-12-16(18)11-15-6-8-20-9-7-15/h4-10,16,18,21H,3,11-13H2,1-2H3/t16-,18+/m1/s1. The van der Waals surface area contributed by atoms with Crippen molar-refractivity contribution in [3.8, 4) is 5.75 Å². The number of rotatable bonds is 7. The summed E-state index contributed by atoms with van der Waals surface area (Å²) in [6.45, 7) is 5.20. The fourth-order valence-electron chi connectivity index (χ4n) is 3.13. The summed E-state index contributed by atoms with van der Waals surface area (Å²) < 4.78 is 39.4. The summed E-state index contributed by atoms with van der Waals surface area (Å²) in [6.07, 6.45) is 4.23. The number of hydrogen-bond acceptors (Lipinski definition) is 5. The van der Waals surface area contributed by atoms with Crippen LogP contribution < -0.4 is 9.46 Å². The maximum atomic E-state index is 12.8. The molecule has 1 aliphatic heterocycles. The molecule has 3 rings (SSSR count). The van der Waals surface area contributed by atoms with Crippen molar-refractivity contribution in [3.05, 3.63) is 53.9 Å². The van der Waals surface area contributed by atoms with Crippen molar-refractivity contribution in [1.82, 2.24) is 9.71 Å². The fourth-order valence-corrected chi connectivity index (χ4v) is 4.50. The molecule has 1 saturated heterocycles. The second-order valence-corrected chi connectivity index (χ2v) is 8.16. The van der Waals surface area contributed by atoms with E-state index in [0.717, 1.165) is 17.5 Å². The predicted octanol–water partition coefficient (Wildman–Crippen LogP) is 2.32. The zero-order valence-electron chi connectivity index (χ0n) is 15.0. The maximum Gasteiger partial charge on any atom is 0.240 e. The monoisotopic (exact) mass is 376 g/mol. The van der Waals surface area contributed by atoms with Crippen LogP contribution in [0.1, 0.15) is 18.1 Å². The van der Waals surface area contributed by atoms with E-state index in [1.807, 2.05) is 26.0 Å². The first-order chi connectivity index (χ1) is 12.5. The third kappa shape index (κ3) is 4.41. The summed E-state index contributed by atoms with van der Waals surface area (Å²) in [4.78, 5) is 4.26. The lowest BCUT2D eigenvalue weighted by Crippen LogP contribution is -2.40. The Bertz CT molecular complexity index is 840. The van der Waals surface area contributed by atoms with Gasteiger partial charge in [0, 0.05) is 18.3 Å². The van der Waals surface area contributed by atoms with E-state index in [1.54, 1.807) is 30.6 Å². The van der Waals surface area contributed by atoms with Gasteiger partial charge in [-0.2, -0.15) is 0 Å². The molecule has 6 nitrogen and oxygen atoms in total. The molecule has 0 amide bonds. The number of hydrogen-bond donors (Lipinski definition) is 1. The molecule has 1 aliphatic rings. The highest BCUT2D eigenvalue weighted by Gasteiger charge is 2.32. The SMILES string of the molecule is CCOc1ccc(S(=O)(=O)N[C@H]2COC[C@H]2Cc2ccncc2)cc1C. The summed E-state index contributed by atoms with van der Waals surface area (Å²) in [5, 5.41) is 0. The second kappa shape index (κ2) is 8.16. The normalized spacial score (nSPS) is 20.2. The molecule has 0 aliphatic carbocycles. The first-order valence-corrected chi connectivity index (χ1v) is 10.2. The summed E-state index contributed by atoms with van der Waals surface area (Å²) >= 11 is 0. The molecule has 26 heavy (non-hydrogen) atoms. The number of aromatic nitrogens is 1. The van der Waals surface area contributed by atoms with Crippen LogP contribution >= 0.6 is 0 Å². The van der Waals surface area contributed by atoms with Crippen LogP contribution in [0.5, 0.6) is 5.75 Å². The predicted molar refractivity (Wildman–Crippen MR) is 98.7 cm³/mol. The molecule has 2 atom stereocenters. The van der Waals surface area contributed by atoms with Gasteiger partial charge < -0.3 is 9.47 Å². The maximum absolute atomic E-state index is 12.8. The van der Waals surface area contributed by atoms with Gasteiger partial charge in [-0.3, -0.25) is 4.98 Å². The van der Waals surface area contributed by atoms with Crippen molar-refractivity contribution in [2.45, 2.75) is 31.2 Å². The number of benzene rings is 1. The molecule has 7 heteroatoms. The van der Waals surface area contributed by atoms with Gasteiger partial charge in [0.1, 0.15) is 5.75 Å². The van der Waals surface area contributed by atoms with E-state index in [1.165, 1.54) is 0 Å². The summed E-state index contributed by atoms with van der Waals surface area (Å²) in [5.74, 6) is 0.794. The van der Waals surface area contributed by atoms with Crippen molar-refractivity contribution >= 4 is 10.0 Å². The van der Waals surface area contributed by atoms with Gasteiger partial charge in [-0.15, -0.1) is 0 Å². The van der Waals surface area contributed by atoms with E-state index in [0.29, 0.717) is 25.6 Å². The molecule has 2 aromatic rings. The first kappa shape index (κ1) is 18.8. The smallest absolute Gasteiger partial charge is 0.240 e. The van der Waals surface area contributed by atoms with Crippen LogP contribution in [0.3, 0.4) is 0 Å². The van der Waals surface area contributed by atoms with Crippen LogP contribution in [0.2, 0.25) is 0 Å². The van der Waals surface area contributed by atoms with E-state index >= 15 is 0 Å². The third-order valence-corrected chi connectivity index (χ3v) is 6.00. The van der Waals surface area contributed by atoms with Gasteiger partial charge in [-0.25, -0.2) is 13.1 Å². The molecule has 0 spiro atoms.